The number of ether oxygens (including phenoxy) is 1. The molecule has 1 aromatic carbocycles. The summed E-state index contributed by atoms with van der Waals surface area (Å²) in [5, 5.41) is 0. The van der Waals surface area contributed by atoms with Gasteiger partial charge in [0.25, 0.3) is 0 Å². The van der Waals surface area contributed by atoms with E-state index in [1.54, 1.807) is 19.1 Å². The summed E-state index contributed by atoms with van der Waals surface area (Å²) in [7, 11) is 0. The number of halogens is 2. The summed E-state index contributed by atoms with van der Waals surface area (Å²) in [4.78, 5) is 0. The number of hydrogen-bond acceptors (Lipinski definition) is 1. The third kappa shape index (κ3) is 2.45. The van der Waals surface area contributed by atoms with E-state index in [-0.39, 0.29) is 5.75 Å². The van der Waals surface area contributed by atoms with E-state index in [0.717, 1.165) is 0 Å². The second kappa shape index (κ2) is 3.90. The molecule has 1 nitrogen and oxygen atoms in total. The first-order valence-electron chi connectivity index (χ1n) is 3.65. The summed E-state index contributed by atoms with van der Waals surface area (Å²) in [6, 6.07) is 4.74. The Hall–Kier alpha value is -1.56. The van der Waals surface area contributed by atoms with Crippen LogP contribution in [0.15, 0.2) is 18.2 Å². The van der Waals surface area contributed by atoms with Crippen LogP contribution in [0.2, 0.25) is 0 Å². The van der Waals surface area contributed by atoms with Crippen molar-refractivity contribution in [2.45, 2.75) is 13.5 Å². The summed E-state index contributed by atoms with van der Waals surface area (Å²) in [5.74, 6) is 2.47. The number of terminal acetylenes is 1. The molecule has 0 unspecified atom stereocenters. The molecule has 0 N–H and O–H groups in total. The van der Waals surface area contributed by atoms with Crippen molar-refractivity contribution in [3.8, 4) is 18.1 Å². The minimum atomic E-state index is -2.81. The SMILES string of the molecule is C#Cc1ccc(C)c(OC(F)F)c1. The van der Waals surface area contributed by atoms with Gasteiger partial charge in [0, 0.05) is 5.56 Å². The maximum atomic E-state index is 11.9. The molecule has 68 valence electrons. The molecule has 0 bridgehead atoms. The average Bonchev–Trinajstić information content (AvgIpc) is 2.08. The first-order chi connectivity index (χ1) is 6.13. The van der Waals surface area contributed by atoms with Crippen molar-refractivity contribution in [1.29, 1.82) is 0 Å². The van der Waals surface area contributed by atoms with Gasteiger partial charge in [-0.3, -0.25) is 0 Å². The molecule has 0 aliphatic heterocycles. The number of aryl methyl sites for hydroxylation is 1. The van der Waals surface area contributed by atoms with E-state index in [1.807, 2.05) is 0 Å². The van der Waals surface area contributed by atoms with Gasteiger partial charge in [-0.25, -0.2) is 0 Å². The van der Waals surface area contributed by atoms with Gasteiger partial charge in [-0.2, -0.15) is 8.78 Å². The second-order valence-corrected chi connectivity index (χ2v) is 2.50. The molecule has 0 aromatic heterocycles. The summed E-state index contributed by atoms with van der Waals surface area (Å²) >= 11 is 0. The van der Waals surface area contributed by atoms with Crippen molar-refractivity contribution in [3.05, 3.63) is 29.3 Å². The summed E-state index contributed by atoms with van der Waals surface area (Å²) in [5.41, 5.74) is 1.17. The Bertz CT molecular complexity index is 339. The average molecular weight is 182 g/mol. The molecule has 0 atom stereocenters. The maximum Gasteiger partial charge on any atom is 0.387 e. The minimum absolute atomic E-state index is 0.130. The second-order valence-electron chi connectivity index (χ2n) is 2.50. The molecule has 0 fully saturated rings. The normalized spacial score (nSPS) is 9.77. The maximum absolute atomic E-state index is 11.9. The van der Waals surface area contributed by atoms with E-state index >= 15 is 0 Å². The molecule has 0 saturated heterocycles. The molecular formula is C10H8F2O. The van der Waals surface area contributed by atoms with Gasteiger partial charge >= 0.3 is 6.61 Å². The Morgan fingerprint density at radius 1 is 1.46 bits per heavy atom. The molecule has 1 aromatic rings. The predicted octanol–water partition coefficient (Wildman–Crippen LogP) is 2.58. The van der Waals surface area contributed by atoms with Crippen LogP contribution in [0.4, 0.5) is 8.78 Å². The highest BCUT2D eigenvalue weighted by Crippen LogP contribution is 2.20. The van der Waals surface area contributed by atoms with E-state index < -0.39 is 6.61 Å². The Kier molecular flexibility index (Phi) is 2.86. The third-order valence-corrected chi connectivity index (χ3v) is 1.57. The highest BCUT2D eigenvalue weighted by molar-refractivity contribution is 5.43. The van der Waals surface area contributed by atoms with Gasteiger partial charge in [0.1, 0.15) is 5.75 Å². The van der Waals surface area contributed by atoms with Crippen molar-refractivity contribution in [1.82, 2.24) is 0 Å². The molecule has 3 heteroatoms. The topological polar surface area (TPSA) is 9.23 Å². The first-order valence-corrected chi connectivity index (χ1v) is 3.65. The highest BCUT2D eigenvalue weighted by Gasteiger charge is 2.06. The van der Waals surface area contributed by atoms with Crippen LogP contribution in [0.3, 0.4) is 0 Å². The minimum Gasteiger partial charge on any atom is -0.435 e. The van der Waals surface area contributed by atoms with Crippen molar-refractivity contribution in [2.24, 2.45) is 0 Å². The molecule has 0 heterocycles. The lowest BCUT2D eigenvalue weighted by Crippen LogP contribution is -2.03. The van der Waals surface area contributed by atoms with Gasteiger partial charge in [-0.05, 0) is 24.6 Å². The molecule has 1 rings (SSSR count). The lowest BCUT2D eigenvalue weighted by Gasteiger charge is -2.07. The van der Waals surface area contributed by atoms with Crippen LogP contribution in [0.5, 0.6) is 5.75 Å². The quantitative estimate of drug-likeness (QED) is 0.639. The van der Waals surface area contributed by atoms with Crippen LogP contribution in [-0.2, 0) is 0 Å². The number of rotatable bonds is 2. The molecule has 0 saturated carbocycles. The summed E-state index contributed by atoms with van der Waals surface area (Å²) < 4.78 is 28.0. The molecule has 0 aliphatic rings. The smallest absolute Gasteiger partial charge is 0.387 e. The highest BCUT2D eigenvalue weighted by atomic mass is 19.3. The Morgan fingerprint density at radius 2 is 2.15 bits per heavy atom. The van der Waals surface area contributed by atoms with Crippen LogP contribution in [0.1, 0.15) is 11.1 Å². The summed E-state index contributed by atoms with van der Waals surface area (Å²) in [6.07, 6.45) is 5.11. The standard InChI is InChI=1S/C10H8F2O/c1-3-8-5-4-7(2)9(6-8)13-10(11)12/h1,4-6,10H,2H3. The Morgan fingerprint density at radius 3 is 2.69 bits per heavy atom. The van der Waals surface area contributed by atoms with E-state index in [4.69, 9.17) is 6.42 Å². The van der Waals surface area contributed by atoms with Crippen LogP contribution >= 0.6 is 0 Å². The van der Waals surface area contributed by atoms with Crippen molar-refractivity contribution in [3.63, 3.8) is 0 Å². The van der Waals surface area contributed by atoms with Crippen molar-refractivity contribution in [2.75, 3.05) is 0 Å². The van der Waals surface area contributed by atoms with Gasteiger partial charge in [0.2, 0.25) is 0 Å². The van der Waals surface area contributed by atoms with E-state index in [1.165, 1.54) is 6.07 Å². The lowest BCUT2D eigenvalue weighted by molar-refractivity contribution is -0.0502. The van der Waals surface area contributed by atoms with Crippen LogP contribution in [0, 0.1) is 19.3 Å². The largest absolute Gasteiger partial charge is 0.435 e. The fourth-order valence-corrected chi connectivity index (χ4v) is 0.913. The molecule has 0 radical (unpaired) electrons. The number of hydrogen-bond donors (Lipinski definition) is 0. The van der Waals surface area contributed by atoms with Crippen LogP contribution in [0.25, 0.3) is 0 Å². The monoisotopic (exact) mass is 182 g/mol. The molecule has 13 heavy (non-hydrogen) atoms. The van der Waals surface area contributed by atoms with Gasteiger partial charge in [-0.1, -0.05) is 12.0 Å². The fraction of sp³-hybridized carbons (Fsp3) is 0.200. The Balaban J connectivity index is 2.99. The lowest BCUT2D eigenvalue weighted by atomic mass is 10.1. The molecular weight excluding hydrogens is 174 g/mol. The number of alkyl halides is 2. The fourth-order valence-electron chi connectivity index (χ4n) is 0.913. The molecule has 0 amide bonds. The molecule has 0 aliphatic carbocycles. The zero-order valence-electron chi connectivity index (χ0n) is 7.05. The van der Waals surface area contributed by atoms with E-state index in [9.17, 15) is 8.78 Å². The summed E-state index contributed by atoms with van der Waals surface area (Å²) in [6.45, 7) is -1.13. The van der Waals surface area contributed by atoms with Gasteiger partial charge < -0.3 is 4.74 Å². The van der Waals surface area contributed by atoms with Gasteiger partial charge in [0.05, 0.1) is 0 Å². The van der Waals surface area contributed by atoms with E-state index in [2.05, 4.69) is 10.7 Å². The number of benzene rings is 1. The van der Waals surface area contributed by atoms with Crippen LogP contribution in [-0.4, -0.2) is 6.61 Å². The van der Waals surface area contributed by atoms with Gasteiger partial charge in [0.15, 0.2) is 0 Å². The Labute approximate surface area is 75.3 Å². The van der Waals surface area contributed by atoms with Crippen molar-refractivity contribution < 1.29 is 13.5 Å². The van der Waals surface area contributed by atoms with Crippen LogP contribution < -0.4 is 4.74 Å². The third-order valence-electron chi connectivity index (χ3n) is 1.57. The molecule has 0 spiro atoms. The zero-order chi connectivity index (χ0) is 9.84. The zero-order valence-corrected chi connectivity index (χ0v) is 7.05. The van der Waals surface area contributed by atoms with E-state index in [0.29, 0.717) is 11.1 Å². The predicted molar refractivity (Wildman–Crippen MR) is 45.7 cm³/mol. The van der Waals surface area contributed by atoms with Crippen molar-refractivity contribution >= 4 is 0 Å². The first kappa shape index (κ1) is 9.53. The van der Waals surface area contributed by atoms with Gasteiger partial charge in [-0.15, -0.1) is 6.42 Å².